The number of rotatable bonds is 3. The average molecular weight is 381 g/mol. The monoisotopic (exact) mass is 381 g/mol. The second kappa shape index (κ2) is 6.48. The first-order chi connectivity index (χ1) is 12.0. The summed E-state index contributed by atoms with van der Waals surface area (Å²) in [4.78, 5) is 26.5. The van der Waals surface area contributed by atoms with Crippen LogP contribution in [-0.2, 0) is 15.9 Å². The molecule has 0 spiro atoms. The van der Waals surface area contributed by atoms with Crippen LogP contribution in [0.1, 0.15) is 24.7 Å². The van der Waals surface area contributed by atoms with Gasteiger partial charge in [-0.15, -0.1) is 0 Å². The molecule has 1 unspecified atom stereocenters. The van der Waals surface area contributed by atoms with Gasteiger partial charge in [0.1, 0.15) is 6.26 Å². The van der Waals surface area contributed by atoms with Gasteiger partial charge in [-0.1, -0.05) is 5.16 Å². The first-order valence-electron chi connectivity index (χ1n) is 7.69. The maximum atomic E-state index is 13.1. The molecule has 0 saturated carbocycles. The summed E-state index contributed by atoms with van der Waals surface area (Å²) in [5.41, 5.74) is -0.0580. The van der Waals surface area contributed by atoms with Crippen LogP contribution in [0.15, 0.2) is 13.7 Å². The zero-order valence-corrected chi connectivity index (χ0v) is 15.2. The number of nitrogens with zero attached hydrogens (tertiary/aromatic N) is 5. The summed E-state index contributed by atoms with van der Waals surface area (Å²) in [7, 11) is 0. The molecule has 3 aromatic heterocycles. The van der Waals surface area contributed by atoms with Crippen LogP contribution in [0.3, 0.4) is 0 Å². The van der Waals surface area contributed by atoms with E-state index in [2.05, 4.69) is 20.1 Å². The van der Waals surface area contributed by atoms with Crippen molar-refractivity contribution >= 4 is 32.9 Å². The average Bonchev–Trinajstić information content (AvgIpc) is 3.22. The predicted octanol–water partition coefficient (Wildman–Crippen LogP) is 1.30. The van der Waals surface area contributed by atoms with Gasteiger partial charge in [0, 0.05) is 30.4 Å². The molecule has 1 aliphatic heterocycles. The Morgan fingerprint density at radius 3 is 2.68 bits per heavy atom. The predicted molar refractivity (Wildman–Crippen MR) is 91.1 cm³/mol. The van der Waals surface area contributed by atoms with Crippen LogP contribution >= 0.6 is 11.3 Å². The van der Waals surface area contributed by atoms with Crippen molar-refractivity contribution in [3.63, 3.8) is 0 Å². The fourth-order valence-corrected chi connectivity index (χ4v) is 4.40. The fraction of sp³-hybridized carbons (Fsp3) is 0.500. The van der Waals surface area contributed by atoms with Gasteiger partial charge in [-0.3, -0.25) is 9.36 Å². The minimum atomic E-state index is -1.28. The number of thiazole rings is 1. The van der Waals surface area contributed by atoms with Crippen LogP contribution in [0.4, 0.5) is 0 Å². The molecule has 1 saturated heterocycles. The van der Waals surface area contributed by atoms with Crippen molar-refractivity contribution in [2.45, 2.75) is 30.1 Å². The maximum Gasteiger partial charge on any atom is 0.304 e. The second-order valence-corrected chi connectivity index (χ2v) is 8.22. The van der Waals surface area contributed by atoms with Gasteiger partial charge in [-0.25, -0.2) is 4.98 Å². The highest BCUT2D eigenvalue weighted by atomic mass is 32.2. The van der Waals surface area contributed by atoms with Crippen molar-refractivity contribution in [2.24, 2.45) is 0 Å². The molecule has 9 nitrogen and oxygen atoms in total. The molecule has 4 rings (SSSR count). The molecule has 25 heavy (non-hydrogen) atoms. The van der Waals surface area contributed by atoms with E-state index in [-0.39, 0.29) is 23.0 Å². The van der Waals surface area contributed by atoms with Gasteiger partial charge in [0.05, 0.1) is 0 Å². The largest absolute Gasteiger partial charge is 0.610 e. The van der Waals surface area contributed by atoms with E-state index >= 15 is 0 Å². The Bertz CT molecular complexity index is 973. The van der Waals surface area contributed by atoms with Gasteiger partial charge in [0.2, 0.25) is 5.82 Å². The third kappa shape index (κ3) is 2.97. The molecule has 0 amide bonds. The third-order valence-corrected chi connectivity index (χ3v) is 6.25. The molecule has 132 valence electrons. The van der Waals surface area contributed by atoms with Crippen molar-refractivity contribution in [3.05, 3.63) is 16.2 Å². The number of ether oxygens (including phenoxy) is 1. The topological polar surface area (TPSA) is 119 Å². The van der Waals surface area contributed by atoms with Gasteiger partial charge in [0.15, 0.2) is 16.2 Å². The van der Waals surface area contributed by atoms with E-state index < -0.39 is 11.2 Å². The number of aromatic nitrogens is 5. The summed E-state index contributed by atoms with van der Waals surface area (Å²) < 4.78 is 24.3. The normalized spacial score (nSPS) is 17.2. The Morgan fingerprint density at radius 2 is 2.04 bits per heavy atom. The summed E-state index contributed by atoms with van der Waals surface area (Å²) in [5.74, 6) is 0.972. The second-order valence-electron chi connectivity index (χ2n) is 5.69. The molecule has 0 aliphatic carbocycles. The lowest BCUT2D eigenvalue weighted by Gasteiger charge is -2.25. The molecule has 0 aromatic carbocycles. The van der Waals surface area contributed by atoms with Crippen molar-refractivity contribution in [1.29, 1.82) is 0 Å². The highest BCUT2D eigenvalue weighted by molar-refractivity contribution is 7.92. The van der Waals surface area contributed by atoms with Gasteiger partial charge >= 0.3 is 4.34 Å². The molecular weight excluding hydrogens is 366 g/mol. The van der Waals surface area contributed by atoms with Crippen LogP contribution in [-0.4, -0.2) is 48.7 Å². The minimum absolute atomic E-state index is 0.0855. The zero-order chi connectivity index (χ0) is 17.6. The van der Waals surface area contributed by atoms with E-state index in [1.807, 2.05) is 0 Å². The molecular formula is C14H15N5O4S2. The molecule has 0 radical (unpaired) electrons. The van der Waals surface area contributed by atoms with Gasteiger partial charge in [-0.2, -0.15) is 9.97 Å². The third-order valence-electron chi connectivity index (χ3n) is 3.97. The molecule has 0 N–H and O–H groups in total. The summed E-state index contributed by atoms with van der Waals surface area (Å²) in [5, 5.41) is 3.80. The van der Waals surface area contributed by atoms with Gasteiger partial charge in [-0.05, 0) is 31.1 Å². The molecule has 4 heterocycles. The van der Waals surface area contributed by atoms with Crippen LogP contribution in [0.5, 0.6) is 0 Å². The van der Waals surface area contributed by atoms with Crippen molar-refractivity contribution in [3.8, 4) is 11.7 Å². The van der Waals surface area contributed by atoms with E-state index in [1.165, 1.54) is 6.26 Å². The van der Waals surface area contributed by atoms with Crippen LogP contribution in [0, 0.1) is 6.92 Å². The van der Waals surface area contributed by atoms with Crippen LogP contribution in [0.25, 0.3) is 22.1 Å². The number of aryl methyl sites for hydroxylation is 1. The first kappa shape index (κ1) is 16.6. The van der Waals surface area contributed by atoms with Crippen LogP contribution in [0.2, 0.25) is 0 Å². The lowest BCUT2D eigenvalue weighted by Crippen LogP contribution is -2.31. The van der Waals surface area contributed by atoms with E-state index in [0.717, 1.165) is 11.3 Å². The van der Waals surface area contributed by atoms with Crippen LogP contribution < -0.4 is 5.56 Å². The van der Waals surface area contributed by atoms with Crippen molar-refractivity contribution < 1.29 is 13.8 Å². The Morgan fingerprint density at radius 1 is 1.28 bits per heavy atom. The summed E-state index contributed by atoms with van der Waals surface area (Å²) in [6.07, 6.45) is 2.89. The van der Waals surface area contributed by atoms with Crippen molar-refractivity contribution in [1.82, 2.24) is 24.7 Å². The number of hydrogen-bond acceptors (Lipinski definition) is 9. The fourth-order valence-electron chi connectivity index (χ4n) is 2.81. The maximum absolute atomic E-state index is 13.1. The number of fused-ring (bicyclic) bond motifs is 1. The molecule has 1 fully saturated rings. The molecule has 11 heteroatoms. The molecule has 1 atom stereocenters. The Labute approximate surface area is 149 Å². The molecule has 3 aromatic rings. The number of hydrogen-bond donors (Lipinski definition) is 0. The first-order valence-corrected chi connectivity index (χ1v) is 10.1. The minimum Gasteiger partial charge on any atom is -0.610 e. The standard InChI is InChI=1S/C14H15N5O4S2/c1-7-15-11(23-18-7)10-17-12-9(16-14(24-12)25(2)21)13(20)19(10)8-3-5-22-6-4-8/h8H,3-6H2,1-2H3. The smallest absolute Gasteiger partial charge is 0.304 e. The van der Waals surface area contributed by atoms with Gasteiger partial charge in [0.25, 0.3) is 11.4 Å². The lowest BCUT2D eigenvalue weighted by molar-refractivity contribution is 0.0688. The van der Waals surface area contributed by atoms with E-state index in [1.54, 1.807) is 11.5 Å². The molecule has 1 aliphatic rings. The summed E-state index contributed by atoms with van der Waals surface area (Å²) >= 11 is -0.140. The Hall–Kier alpha value is -1.82. The highest BCUT2D eigenvalue weighted by Gasteiger charge is 2.27. The zero-order valence-electron chi connectivity index (χ0n) is 13.6. The Kier molecular flexibility index (Phi) is 4.31. The van der Waals surface area contributed by atoms with E-state index in [4.69, 9.17) is 9.26 Å². The quantitative estimate of drug-likeness (QED) is 0.623. The van der Waals surface area contributed by atoms with E-state index in [9.17, 15) is 9.35 Å². The van der Waals surface area contributed by atoms with Crippen molar-refractivity contribution in [2.75, 3.05) is 19.5 Å². The summed E-state index contributed by atoms with van der Waals surface area (Å²) in [6, 6.07) is -0.0855. The highest BCUT2D eigenvalue weighted by Crippen LogP contribution is 2.29. The SMILES string of the molecule is Cc1noc(-c2nc3sc([S+](C)[O-])nc3c(=O)n2C2CCOCC2)n1. The Balaban J connectivity index is 1.97. The molecule has 0 bridgehead atoms. The van der Waals surface area contributed by atoms with E-state index in [0.29, 0.717) is 46.9 Å². The summed E-state index contributed by atoms with van der Waals surface area (Å²) in [6.45, 7) is 2.84. The van der Waals surface area contributed by atoms with Gasteiger partial charge < -0.3 is 13.8 Å². The lowest BCUT2D eigenvalue weighted by atomic mass is 10.1.